The number of nitrogens with one attached hydrogen (secondary N) is 1. The summed E-state index contributed by atoms with van der Waals surface area (Å²) in [6.45, 7) is 1.69. The van der Waals surface area contributed by atoms with Gasteiger partial charge in [0.15, 0.2) is 6.10 Å². The molecule has 0 bridgehead atoms. The Kier molecular flexibility index (Phi) is 5.19. The summed E-state index contributed by atoms with van der Waals surface area (Å²) in [7, 11) is 1.58. The third-order valence-electron chi connectivity index (χ3n) is 3.60. The number of amides is 1. The summed E-state index contributed by atoms with van der Waals surface area (Å²) in [5.41, 5.74) is 0.853. The van der Waals surface area contributed by atoms with Crippen molar-refractivity contribution in [1.29, 1.82) is 0 Å². The van der Waals surface area contributed by atoms with Crippen LogP contribution in [0.5, 0.6) is 17.4 Å². The number of ether oxygens (including phenoxy) is 2. The molecule has 0 radical (unpaired) electrons. The van der Waals surface area contributed by atoms with E-state index in [1.54, 1.807) is 38.2 Å². The summed E-state index contributed by atoms with van der Waals surface area (Å²) >= 11 is 3.44. The first-order chi connectivity index (χ1) is 12.0. The van der Waals surface area contributed by atoms with Gasteiger partial charge in [-0.1, -0.05) is 22.0 Å². The predicted octanol–water partition coefficient (Wildman–Crippen LogP) is 4.30. The zero-order chi connectivity index (χ0) is 17.8. The smallest absolute Gasteiger partial charge is 0.260 e. The molecular weight excluding hydrogens is 384 g/mol. The Hall–Kier alpha value is -2.60. The first-order valence-corrected chi connectivity index (χ1v) is 8.57. The zero-order valence-corrected chi connectivity index (χ0v) is 15.4. The van der Waals surface area contributed by atoms with Crippen molar-refractivity contribution in [3.05, 3.63) is 59.1 Å². The second-order valence-electron chi connectivity index (χ2n) is 5.43. The van der Waals surface area contributed by atoms with Crippen molar-refractivity contribution in [1.82, 2.24) is 10.3 Å². The maximum absolute atomic E-state index is 11.5. The van der Waals surface area contributed by atoms with E-state index in [4.69, 9.17) is 9.47 Å². The van der Waals surface area contributed by atoms with Crippen molar-refractivity contribution in [3.8, 4) is 17.4 Å². The number of nitrogens with zero attached hydrogens (tertiary/aromatic N) is 1. The van der Waals surface area contributed by atoms with Gasteiger partial charge in [0.2, 0.25) is 5.88 Å². The molecule has 3 aromatic rings. The molecule has 2 aromatic carbocycles. The van der Waals surface area contributed by atoms with Gasteiger partial charge in [0.25, 0.3) is 5.91 Å². The number of fused-ring (bicyclic) bond motifs is 1. The molecule has 0 saturated carbocycles. The number of benzene rings is 2. The molecule has 0 aliphatic carbocycles. The lowest BCUT2D eigenvalue weighted by Crippen LogP contribution is -2.33. The first kappa shape index (κ1) is 17.2. The van der Waals surface area contributed by atoms with Gasteiger partial charge >= 0.3 is 0 Å². The van der Waals surface area contributed by atoms with Crippen LogP contribution in [0.25, 0.3) is 10.9 Å². The maximum atomic E-state index is 11.5. The number of pyridine rings is 1. The van der Waals surface area contributed by atoms with Crippen molar-refractivity contribution < 1.29 is 14.3 Å². The normalized spacial score (nSPS) is 11.8. The number of carbonyl (C=O) groups excluding carboxylic acids is 1. The van der Waals surface area contributed by atoms with Gasteiger partial charge < -0.3 is 14.8 Å². The van der Waals surface area contributed by atoms with Crippen LogP contribution in [0.2, 0.25) is 0 Å². The van der Waals surface area contributed by atoms with E-state index in [0.29, 0.717) is 17.4 Å². The molecule has 128 valence electrons. The van der Waals surface area contributed by atoms with Gasteiger partial charge in [0.05, 0.1) is 5.52 Å². The van der Waals surface area contributed by atoms with E-state index in [1.165, 1.54) is 0 Å². The number of hydrogen-bond donors (Lipinski definition) is 1. The summed E-state index contributed by atoms with van der Waals surface area (Å²) in [5.74, 6) is 1.57. The molecule has 25 heavy (non-hydrogen) atoms. The fourth-order valence-electron chi connectivity index (χ4n) is 2.30. The molecular formula is C19H17BrN2O3. The number of likely N-dealkylation sites (N-methyl/N-ethyl adjacent to an activating group) is 1. The molecule has 3 rings (SSSR count). The monoisotopic (exact) mass is 400 g/mol. The summed E-state index contributed by atoms with van der Waals surface area (Å²) in [6, 6.07) is 16.8. The molecule has 6 heteroatoms. The van der Waals surface area contributed by atoms with Crippen LogP contribution in [0.15, 0.2) is 59.1 Å². The van der Waals surface area contributed by atoms with Gasteiger partial charge in [-0.25, -0.2) is 4.98 Å². The molecule has 1 heterocycles. The third-order valence-corrected chi connectivity index (χ3v) is 4.10. The average Bonchev–Trinajstić information content (AvgIpc) is 2.62. The fourth-order valence-corrected chi connectivity index (χ4v) is 2.65. The average molecular weight is 401 g/mol. The molecule has 1 aromatic heterocycles. The minimum Gasteiger partial charge on any atom is -0.481 e. The van der Waals surface area contributed by atoms with Gasteiger partial charge in [-0.3, -0.25) is 4.79 Å². The minimum atomic E-state index is -0.558. The highest BCUT2D eigenvalue weighted by molar-refractivity contribution is 9.10. The highest BCUT2D eigenvalue weighted by Gasteiger charge is 2.12. The SMILES string of the molecule is CNC(=O)C(C)Oc1ccc(Oc2ccc3ccc(Br)cc3n2)cc1. The molecule has 0 fully saturated rings. The van der Waals surface area contributed by atoms with Crippen LogP contribution in [-0.4, -0.2) is 24.0 Å². The van der Waals surface area contributed by atoms with Gasteiger partial charge in [-0.05, 0) is 49.4 Å². The molecule has 0 spiro atoms. The van der Waals surface area contributed by atoms with Gasteiger partial charge in [0, 0.05) is 23.0 Å². The molecule has 1 atom stereocenters. The standard InChI is InChI=1S/C19H17BrN2O3/c1-12(19(23)21-2)24-15-6-8-16(9-7-15)25-18-10-4-13-3-5-14(20)11-17(13)22-18/h3-12H,1-2H3,(H,21,23). The van der Waals surface area contributed by atoms with Gasteiger partial charge in [0.1, 0.15) is 11.5 Å². The Bertz CT molecular complexity index is 897. The number of rotatable bonds is 5. The van der Waals surface area contributed by atoms with E-state index in [9.17, 15) is 4.79 Å². The second kappa shape index (κ2) is 7.53. The summed E-state index contributed by atoms with van der Waals surface area (Å²) in [4.78, 5) is 16.0. The van der Waals surface area contributed by atoms with Crippen LogP contribution in [0.1, 0.15) is 6.92 Å². The Balaban J connectivity index is 1.72. The number of hydrogen-bond acceptors (Lipinski definition) is 4. The van der Waals surface area contributed by atoms with E-state index in [1.807, 2.05) is 30.3 Å². The van der Waals surface area contributed by atoms with Crippen LogP contribution in [-0.2, 0) is 4.79 Å². The van der Waals surface area contributed by atoms with E-state index < -0.39 is 6.10 Å². The summed E-state index contributed by atoms with van der Waals surface area (Å²) in [6.07, 6.45) is -0.558. The molecule has 5 nitrogen and oxygen atoms in total. The molecule has 1 amide bonds. The number of aromatic nitrogens is 1. The molecule has 1 N–H and O–H groups in total. The molecule has 0 aliphatic heterocycles. The number of halogens is 1. The van der Waals surface area contributed by atoms with Crippen LogP contribution in [0.3, 0.4) is 0 Å². The third kappa shape index (κ3) is 4.28. The Morgan fingerprint density at radius 1 is 1.08 bits per heavy atom. The van der Waals surface area contributed by atoms with Crippen molar-refractivity contribution in [2.24, 2.45) is 0 Å². The van der Waals surface area contributed by atoms with Crippen LogP contribution in [0.4, 0.5) is 0 Å². The first-order valence-electron chi connectivity index (χ1n) is 7.77. The molecule has 1 unspecified atom stereocenters. The molecule has 0 aliphatic rings. The highest BCUT2D eigenvalue weighted by Crippen LogP contribution is 2.26. The number of carbonyl (C=O) groups is 1. The Labute approximate surface area is 154 Å². The van der Waals surface area contributed by atoms with Crippen molar-refractivity contribution in [2.45, 2.75) is 13.0 Å². The summed E-state index contributed by atoms with van der Waals surface area (Å²) < 4.78 is 12.3. The Morgan fingerprint density at radius 2 is 1.76 bits per heavy atom. The van der Waals surface area contributed by atoms with Crippen LogP contribution in [0, 0.1) is 0 Å². The minimum absolute atomic E-state index is 0.174. The largest absolute Gasteiger partial charge is 0.481 e. The van der Waals surface area contributed by atoms with Gasteiger partial charge in [-0.15, -0.1) is 0 Å². The van der Waals surface area contributed by atoms with Crippen LogP contribution < -0.4 is 14.8 Å². The lowest BCUT2D eigenvalue weighted by Gasteiger charge is -2.13. The van der Waals surface area contributed by atoms with E-state index in [-0.39, 0.29) is 5.91 Å². The predicted molar refractivity (Wildman–Crippen MR) is 100 cm³/mol. The quantitative estimate of drug-likeness (QED) is 0.693. The second-order valence-corrected chi connectivity index (χ2v) is 6.35. The van der Waals surface area contributed by atoms with Crippen LogP contribution >= 0.6 is 15.9 Å². The Morgan fingerprint density at radius 3 is 2.48 bits per heavy atom. The van der Waals surface area contributed by atoms with E-state index in [0.717, 1.165) is 15.4 Å². The van der Waals surface area contributed by atoms with Crippen molar-refractivity contribution >= 4 is 32.7 Å². The summed E-state index contributed by atoms with van der Waals surface area (Å²) in [5, 5.41) is 3.59. The van der Waals surface area contributed by atoms with Crippen molar-refractivity contribution in [2.75, 3.05) is 7.05 Å². The highest BCUT2D eigenvalue weighted by atomic mass is 79.9. The van der Waals surface area contributed by atoms with E-state index >= 15 is 0 Å². The fraction of sp³-hybridized carbons (Fsp3) is 0.158. The van der Waals surface area contributed by atoms with E-state index in [2.05, 4.69) is 26.2 Å². The lowest BCUT2D eigenvalue weighted by molar-refractivity contribution is -0.126. The van der Waals surface area contributed by atoms with Gasteiger partial charge in [-0.2, -0.15) is 0 Å². The zero-order valence-electron chi connectivity index (χ0n) is 13.8. The maximum Gasteiger partial charge on any atom is 0.260 e. The van der Waals surface area contributed by atoms with Crippen molar-refractivity contribution in [3.63, 3.8) is 0 Å². The topological polar surface area (TPSA) is 60.5 Å². The molecule has 0 saturated heterocycles. The lowest BCUT2D eigenvalue weighted by atomic mass is 10.2.